The Hall–Kier alpha value is -0.730. The molecule has 1 aromatic rings. The lowest BCUT2D eigenvalue weighted by Crippen LogP contribution is -2.28. The van der Waals surface area contributed by atoms with E-state index >= 15 is 0 Å². The molecule has 2 nitrogen and oxygen atoms in total. The van der Waals surface area contributed by atoms with Crippen LogP contribution in [0.4, 0.5) is 0 Å². The highest BCUT2D eigenvalue weighted by Crippen LogP contribution is 2.38. The maximum Gasteiger partial charge on any atom is 0.126 e. The molecule has 1 aromatic carbocycles. The molecule has 94 valence electrons. The third kappa shape index (κ3) is 2.43. The van der Waals surface area contributed by atoms with Crippen LogP contribution in [0.1, 0.15) is 35.4 Å². The van der Waals surface area contributed by atoms with E-state index in [0.717, 1.165) is 35.0 Å². The Labute approximate surface area is 108 Å². The molecule has 1 aliphatic heterocycles. The van der Waals surface area contributed by atoms with Gasteiger partial charge in [0.2, 0.25) is 0 Å². The first-order chi connectivity index (χ1) is 8.15. The van der Waals surface area contributed by atoms with Crippen LogP contribution in [0.3, 0.4) is 0 Å². The maximum absolute atomic E-state index is 6.28. The normalized spacial score (nSPS) is 20.4. The molecule has 1 heterocycles. The van der Waals surface area contributed by atoms with Crippen LogP contribution >= 0.6 is 11.6 Å². The molecule has 3 heteroatoms. The first-order valence-corrected chi connectivity index (χ1v) is 6.57. The Morgan fingerprint density at radius 2 is 2.18 bits per heavy atom. The summed E-state index contributed by atoms with van der Waals surface area (Å²) in [5.74, 6) is 1.52. The highest BCUT2D eigenvalue weighted by molar-refractivity contribution is 6.32. The first kappa shape index (κ1) is 12.7. The minimum absolute atomic E-state index is 0.549. The predicted molar refractivity (Wildman–Crippen MR) is 72.3 cm³/mol. The van der Waals surface area contributed by atoms with E-state index in [1.54, 1.807) is 7.11 Å². The molecule has 1 fully saturated rings. The smallest absolute Gasteiger partial charge is 0.126 e. The van der Waals surface area contributed by atoms with Crippen molar-refractivity contribution in [2.75, 3.05) is 20.2 Å². The van der Waals surface area contributed by atoms with Gasteiger partial charge in [0.25, 0.3) is 0 Å². The van der Waals surface area contributed by atoms with Crippen molar-refractivity contribution in [2.24, 2.45) is 0 Å². The summed E-state index contributed by atoms with van der Waals surface area (Å²) in [5.41, 5.74) is 3.51. The van der Waals surface area contributed by atoms with Crippen LogP contribution in [-0.2, 0) is 0 Å². The second kappa shape index (κ2) is 5.28. The molecule has 17 heavy (non-hydrogen) atoms. The zero-order valence-electron chi connectivity index (χ0n) is 10.8. The maximum atomic E-state index is 6.28. The molecule has 2 rings (SSSR count). The molecule has 1 atom stereocenters. The quantitative estimate of drug-likeness (QED) is 0.872. The molecule has 0 aromatic heterocycles. The Morgan fingerprint density at radius 1 is 1.41 bits per heavy atom. The lowest BCUT2D eigenvalue weighted by Gasteiger charge is -2.26. The second-order valence-corrected chi connectivity index (χ2v) is 5.18. The molecular weight excluding hydrogens is 234 g/mol. The van der Waals surface area contributed by atoms with Crippen molar-refractivity contribution in [1.29, 1.82) is 0 Å². The van der Waals surface area contributed by atoms with Gasteiger partial charge in [-0.05, 0) is 44.4 Å². The lowest BCUT2D eigenvalue weighted by molar-refractivity contribution is 0.389. The molecule has 0 spiro atoms. The number of hydrogen-bond acceptors (Lipinski definition) is 2. The molecule has 1 unspecified atom stereocenters. The van der Waals surface area contributed by atoms with Gasteiger partial charge in [-0.15, -0.1) is 0 Å². The standard InChI is InChI=1S/C14H20ClNO/c1-9-7-12(11-5-4-6-16-8-11)14(17-3)10(2)13(9)15/h7,11,16H,4-6,8H2,1-3H3. The number of hydrogen-bond donors (Lipinski definition) is 1. The van der Waals surface area contributed by atoms with Crippen molar-refractivity contribution in [3.05, 3.63) is 27.8 Å². The van der Waals surface area contributed by atoms with Gasteiger partial charge in [0.05, 0.1) is 12.1 Å². The molecule has 1 aliphatic rings. The topological polar surface area (TPSA) is 21.3 Å². The number of halogens is 1. The fourth-order valence-electron chi connectivity index (χ4n) is 2.67. The van der Waals surface area contributed by atoms with E-state index in [2.05, 4.69) is 18.3 Å². The van der Waals surface area contributed by atoms with E-state index in [1.807, 2.05) is 6.92 Å². The zero-order chi connectivity index (χ0) is 12.4. The molecule has 0 saturated carbocycles. The van der Waals surface area contributed by atoms with E-state index in [0.29, 0.717) is 5.92 Å². The van der Waals surface area contributed by atoms with Gasteiger partial charge < -0.3 is 10.1 Å². The summed E-state index contributed by atoms with van der Waals surface area (Å²) in [6, 6.07) is 2.19. The van der Waals surface area contributed by atoms with Crippen LogP contribution in [0.5, 0.6) is 5.75 Å². The van der Waals surface area contributed by atoms with Gasteiger partial charge in [-0.1, -0.05) is 17.7 Å². The number of aryl methyl sites for hydroxylation is 1. The van der Waals surface area contributed by atoms with E-state index in [9.17, 15) is 0 Å². The van der Waals surface area contributed by atoms with E-state index < -0.39 is 0 Å². The van der Waals surface area contributed by atoms with Crippen molar-refractivity contribution in [3.63, 3.8) is 0 Å². The third-order valence-corrected chi connectivity index (χ3v) is 4.17. The average Bonchev–Trinajstić information content (AvgIpc) is 2.36. The van der Waals surface area contributed by atoms with Crippen LogP contribution in [0.2, 0.25) is 5.02 Å². The SMILES string of the molecule is COc1c(C2CCCNC2)cc(C)c(Cl)c1C. The van der Waals surface area contributed by atoms with Gasteiger partial charge in [0, 0.05) is 18.0 Å². The fourth-order valence-corrected chi connectivity index (χ4v) is 2.81. The average molecular weight is 254 g/mol. The Balaban J connectivity index is 2.44. The van der Waals surface area contributed by atoms with Crippen molar-refractivity contribution in [2.45, 2.75) is 32.6 Å². The van der Waals surface area contributed by atoms with Gasteiger partial charge in [0.1, 0.15) is 5.75 Å². The molecule has 1 N–H and O–H groups in total. The van der Waals surface area contributed by atoms with Crippen LogP contribution in [0.25, 0.3) is 0 Å². The summed E-state index contributed by atoms with van der Waals surface area (Å²) in [6.07, 6.45) is 2.46. The number of nitrogens with one attached hydrogen (secondary N) is 1. The summed E-state index contributed by atoms with van der Waals surface area (Å²) < 4.78 is 5.55. The second-order valence-electron chi connectivity index (χ2n) is 4.80. The van der Waals surface area contributed by atoms with E-state index in [4.69, 9.17) is 16.3 Å². The highest BCUT2D eigenvalue weighted by atomic mass is 35.5. The molecule has 0 bridgehead atoms. The molecule has 0 radical (unpaired) electrons. The number of piperidine rings is 1. The summed E-state index contributed by atoms with van der Waals surface area (Å²) in [7, 11) is 1.73. The molecular formula is C14H20ClNO. The number of rotatable bonds is 2. The summed E-state index contributed by atoms with van der Waals surface area (Å²) in [6.45, 7) is 6.27. The van der Waals surface area contributed by atoms with Crippen molar-refractivity contribution in [1.82, 2.24) is 5.32 Å². The monoisotopic (exact) mass is 253 g/mol. The van der Waals surface area contributed by atoms with Gasteiger partial charge in [-0.25, -0.2) is 0 Å². The summed E-state index contributed by atoms with van der Waals surface area (Å²) in [4.78, 5) is 0. The minimum atomic E-state index is 0.549. The number of methoxy groups -OCH3 is 1. The molecule has 1 saturated heterocycles. The van der Waals surface area contributed by atoms with Gasteiger partial charge in [-0.2, -0.15) is 0 Å². The summed E-state index contributed by atoms with van der Waals surface area (Å²) >= 11 is 6.28. The highest BCUT2D eigenvalue weighted by Gasteiger charge is 2.22. The van der Waals surface area contributed by atoms with Crippen LogP contribution in [0.15, 0.2) is 6.07 Å². The van der Waals surface area contributed by atoms with Gasteiger partial charge in [0.15, 0.2) is 0 Å². The lowest BCUT2D eigenvalue weighted by atomic mass is 9.88. The van der Waals surface area contributed by atoms with E-state index in [-0.39, 0.29) is 0 Å². The molecule has 0 aliphatic carbocycles. The minimum Gasteiger partial charge on any atom is -0.496 e. The van der Waals surface area contributed by atoms with Crippen molar-refractivity contribution in [3.8, 4) is 5.75 Å². The van der Waals surface area contributed by atoms with Gasteiger partial charge >= 0.3 is 0 Å². The zero-order valence-corrected chi connectivity index (χ0v) is 11.5. The van der Waals surface area contributed by atoms with E-state index in [1.165, 1.54) is 18.4 Å². The van der Waals surface area contributed by atoms with Gasteiger partial charge in [-0.3, -0.25) is 0 Å². The number of benzene rings is 1. The molecule has 0 amide bonds. The largest absolute Gasteiger partial charge is 0.496 e. The Kier molecular flexibility index (Phi) is 3.95. The first-order valence-electron chi connectivity index (χ1n) is 6.19. The van der Waals surface area contributed by atoms with Crippen LogP contribution in [0, 0.1) is 13.8 Å². The van der Waals surface area contributed by atoms with Crippen molar-refractivity contribution >= 4 is 11.6 Å². The van der Waals surface area contributed by atoms with Crippen molar-refractivity contribution < 1.29 is 4.74 Å². The van der Waals surface area contributed by atoms with Crippen LogP contribution in [-0.4, -0.2) is 20.2 Å². The summed E-state index contributed by atoms with van der Waals surface area (Å²) in [5, 5.41) is 4.28. The Bertz CT molecular complexity index is 411. The predicted octanol–water partition coefficient (Wildman–Crippen LogP) is 3.43. The third-order valence-electron chi connectivity index (χ3n) is 3.59. The fraction of sp³-hybridized carbons (Fsp3) is 0.571. The Morgan fingerprint density at radius 3 is 2.76 bits per heavy atom. The van der Waals surface area contributed by atoms with Crippen LogP contribution < -0.4 is 10.1 Å². The number of ether oxygens (including phenoxy) is 1.